The molecule has 0 bridgehead atoms. The normalized spacial score (nSPS) is 12.0. The fraction of sp³-hybridized carbons (Fsp3) is 0.500. The predicted molar refractivity (Wildman–Crippen MR) is 102 cm³/mol. The lowest BCUT2D eigenvalue weighted by Crippen LogP contribution is -2.10. The highest BCUT2D eigenvalue weighted by Gasteiger charge is 2.20. The molecule has 1 aromatic rings. The third kappa shape index (κ3) is 4.67. The number of hydrogen-bond donors (Lipinski definition) is 0. The van der Waals surface area contributed by atoms with Crippen molar-refractivity contribution in [1.29, 1.82) is 0 Å². The number of carbonyl (C=O) groups excluding carboxylic acids is 1. The molecule has 1 heteroatoms. The minimum Gasteiger partial charge on any atom is -0.294 e. The molecule has 0 aliphatic carbocycles. The van der Waals surface area contributed by atoms with Gasteiger partial charge in [-0.2, -0.15) is 0 Å². The third-order valence-corrected chi connectivity index (χ3v) is 4.44. The number of benzene rings is 1. The molecule has 0 radical (unpaired) electrons. The van der Waals surface area contributed by atoms with Gasteiger partial charge in [0.15, 0.2) is 5.78 Å². The first kappa shape index (κ1) is 19.4. The molecule has 0 atom stereocenters. The summed E-state index contributed by atoms with van der Waals surface area (Å²) in [4.78, 5) is 13.0. The molecule has 1 rings (SSSR count). The number of Topliss-reactive ketones (excluding diaryl/α,β-unsaturated/α-hetero) is 1. The van der Waals surface area contributed by atoms with Gasteiger partial charge >= 0.3 is 0 Å². The van der Waals surface area contributed by atoms with E-state index in [-0.39, 0.29) is 5.78 Å². The lowest BCUT2D eigenvalue weighted by molar-refractivity contribution is -0.113. The van der Waals surface area contributed by atoms with Crippen molar-refractivity contribution in [2.75, 3.05) is 0 Å². The zero-order valence-corrected chi connectivity index (χ0v) is 15.6. The van der Waals surface area contributed by atoms with Gasteiger partial charge in [-0.3, -0.25) is 4.79 Å². The van der Waals surface area contributed by atoms with Gasteiger partial charge in [0, 0.05) is 12.0 Å². The lowest BCUT2D eigenvalue weighted by atomic mass is 9.84. The van der Waals surface area contributed by atoms with E-state index in [1.54, 1.807) is 0 Å². The number of rotatable bonds is 9. The van der Waals surface area contributed by atoms with Gasteiger partial charge in [0.1, 0.15) is 0 Å². The summed E-state index contributed by atoms with van der Waals surface area (Å²) in [5, 5.41) is 0. The van der Waals surface area contributed by atoms with E-state index in [0.29, 0.717) is 6.42 Å². The van der Waals surface area contributed by atoms with Crippen LogP contribution in [0, 0.1) is 6.92 Å². The second-order valence-electron chi connectivity index (χ2n) is 6.15. The molecule has 0 aromatic heterocycles. The average Bonchev–Trinajstić information content (AvgIpc) is 2.57. The maximum absolute atomic E-state index is 13.0. The van der Waals surface area contributed by atoms with Crippen molar-refractivity contribution < 1.29 is 4.79 Å². The topological polar surface area (TPSA) is 17.1 Å². The quantitative estimate of drug-likeness (QED) is 0.390. The van der Waals surface area contributed by atoms with Crippen LogP contribution >= 0.6 is 0 Å². The summed E-state index contributed by atoms with van der Waals surface area (Å²) in [6.07, 6.45) is 7.23. The monoisotopic (exact) mass is 312 g/mol. The molecule has 0 aliphatic heterocycles. The van der Waals surface area contributed by atoms with Crippen LogP contribution in [0.3, 0.4) is 0 Å². The molecule has 23 heavy (non-hydrogen) atoms. The van der Waals surface area contributed by atoms with E-state index in [9.17, 15) is 4.79 Å². The van der Waals surface area contributed by atoms with Gasteiger partial charge in [0.05, 0.1) is 0 Å². The molecule has 0 fully saturated rings. The fourth-order valence-corrected chi connectivity index (χ4v) is 3.19. The van der Waals surface area contributed by atoms with E-state index in [1.165, 1.54) is 22.3 Å². The Balaban J connectivity index is 3.64. The van der Waals surface area contributed by atoms with Gasteiger partial charge < -0.3 is 0 Å². The zero-order valence-electron chi connectivity index (χ0n) is 15.6. The summed E-state index contributed by atoms with van der Waals surface area (Å²) >= 11 is 0. The van der Waals surface area contributed by atoms with Crippen molar-refractivity contribution in [3.05, 3.63) is 52.6 Å². The highest BCUT2D eigenvalue weighted by molar-refractivity contribution is 6.22. The highest BCUT2D eigenvalue weighted by atomic mass is 16.1. The molecule has 0 saturated heterocycles. The Labute approximate surface area is 142 Å². The molecule has 1 aromatic carbocycles. The summed E-state index contributed by atoms with van der Waals surface area (Å²) in [6.45, 7) is 14.7. The average molecular weight is 312 g/mol. The zero-order chi connectivity index (χ0) is 17.4. The Morgan fingerprint density at radius 1 is 1.09 bits per heavy atom. The minimum atomic E-state index is 0.275. The lowest BCUT2D eigenvalue weighted by Gasteiger charge is -2.19. The van der Waals surface area contributed by atoms with Crippen LogP contribution in [0.4, 0.5) is 0 Å². The number of ketones is 1. The van der Waals surface area contributed by atoms with Crippen LogP contribution in [0.1, 0.15) is 75.6 Å². The smallest absolute Gasteiger partial charge is 0.163 e. The molecule has 0 amide bonds. The second-order valence-corrected chi connectivity index (χ2v) is 6.15. The van der Waals surface area contributed by atoms with Gasteiger partial charge in [-0.05, 0) is 54.9 Å². The van der Waals surface area contributed by atoms with Crippen LogP contribution in [0.5, 0.6) is 0 Å². The van der Waals surface area contributed by atoms with Gasteiger partial charge in [0.25, 0.3) is 0 Å². The summed E-state index contributed by atoms with van der Waals surface area (Å²) in [5.74, 6) is 0.275. The Morgan fingerprint density at radius 3 is 2.04 bits per heavy atom. The Bertz CT molecular complexity index is 565. The molecule has 0 N–H and O–H groups in total. The Hall–Kier alpha value is -1.63. The number of aryl methyl sites for hydroxylation is 3. The SMILES string of the molecule is C=C/C(CC)=C(/C(=O)CCCC)c1c(CC)cc(C)cc1CC. The Morgan fingerprint density at radius 2 is 1.65 bits per heavy atom. The van der Waals surface area contributed by atoms with Crippen molar-refractivity contribution in [1.82, 2.24) is 0 Å². The van der Waals surface area contributed by atoms with E-state index >= 15 is 0 Å². The van der Waals surface area contributed by atoms with Crippen LogP contribution in [0.25, 0.3) is 5.57 Å². The number of unbranched alkanes of at least 4 members (excludes halogenated alkanes) is 1. The van der Waals surface area contributed by atoms with Crippen molar-refractivity contribution in [3.8, 4) is 0 Å². The maximum Gasteiger partial charge on any atom is 0.163 e. The van der Waals surface area contributed by atoms with Crippen molar-refractivity contribution >= 4 is 11.4 Å². The second kappa shape index (κ2) is 9.50. The molecule has 0 aliphatic rings. The molecule has 0 saturated carbocycles. The van der Waals surface area contributed by atoms with E-state index < -0.39 is 0 Å². The van der Waals surface area contributed by atoms with Crippen LogP contribution in [0.2, 0.25) is 0 Å². The number of hydrogen-bond acceptors (Lipinski definition) is 1. The van der Waals surface area contributed by atoms with Crippen molar-refractivity contribution in [3.63, 3.8) is 0 Å². The molecule has 0 heterocycles. The van der Waals surface area contributed by atoms with Crippen LogP contribution < -0.4 is 0 Å². The van der Waals surface area contributed by atoms with E-state index in [4.69, 9.17) is 0 Å². The predicted octanol–water partition coefficient (Wildman–Crippen LogP) is 6.23. The maximum atomic E-state index is 13.0. The first-order chi connectivity index (χ1) is 11.0. The molecular formula is C22H32O. The van der Waals surface area contributed by atoms with Gasteiger partial charge in [-0.25, -0.2) is 0 Å². The molecular weight excluding hydrogens is 280 g/mol. The van der Waals surface area contributed by atoms with Crippen molar-refractivity contribution in [2.24, 2.45) is 0 Å². The first-order valence-corrected chi connectivity index (χ1v) is 9.05. The molecule has 126 valence electrons. The third-order valence-electron chi connectivity index (χ3n) is 4.44. The fourth-order valence-electron chi connectivity index (χ4n) is 3.19. The van der Waals surface area contributed by atoms with Crippen molar-refractivity contribution in [2.45, 2.75) is 73.1 Å². The van der Waals surface area contributed by atoms with Crippen LogP contribution in [0.15, 0.2) is 30.4 Å². The Kier molecular flexibility index (Phi) is 8.02. The number of allylic oxidation sites excluding steroid dienone is 3. The summed E-state index contributed by atoms with van der Waals surface area (Å²) in [7, 11) is 0. The standard InChI is InChI=1S/C22H32O/c1-7-12-13-20(23)22(17(8-2)9-3)21-18(10-4)14-16(6)15-19(21)11-5/h8,14-15H,2,7,9-13H2,1,3-6H3/b22-17+. The van der Waals surface area contributed by atoms with E-state index in [2.05, 4.69) is 53.3 Å². The summed E-state index contributed by atoms with van der Waals surface area (Å²) in [5.41, 5.74) is 7.03. The van der Waals surface area contributed by atoms with Crippen LogP contribution in [-0.2, 0) is 17.6 Å². The van der Waals surface area contributed by atoms with Gasteiger partial charge in [0.2, 0.25) is 0 Å². The minimum absolute atomic E-state index is 0.275. The van der Waals surface area contributed by atoms with Crippen LogP contribution in [-0.4, -0.2) is 5.78 Å². The molecule has 1 nitrogen and oxygen atoms in total. The largest absolute Gasteiger partial charge is 0.294 e. The molecule has 0 unspecified atom stereocenters. The number of carbonyl (C=O) groups is 1. The first-order valence-electron chi connectivity index (χ1n) is 9.05. The van der Waals surface area contributed by atoms with Gasteiger partial charge in [-0.15, -0.1) is 0 Å². The van der Waals surface area contributed by atoms with E-state index in [1.807, 2.05) is 6.08 Å². The summed E-state index contributed by atoms with van der Waals surface area (Å²) in [6, 6.07) is 4.47. The summed E-state index contributed by atoms with van der Waals surface area (Å²) < 4.78 is 0. The highest BCUT2D eigenvalue weighted by Crippen LogP contribution is 2.32. The van der Waals surface area contributed by atoms with E-state index in [0.717, 1.165) is 43.3 Å². The van der Waals surface area contributed by atoms with Gasteiger partial charge in [-0.1, -0.05) is 64.5 Å². The molecule has 0 spiro atoms.